The van der Waals surface area contributed by atoms with Crippen molar-refractivity contribution in [1.82, 2.24) is 0 Å². The summed E-state index contributed by atoms with van der Waals surface area (Å²) in [5.74, 6) is 0. The molecule has 0 radical (unpaired) electrons. The Bertz CT molecular complexity index is 96.2. The molecule has 0 heterocycles. The van der Waals surface area contributed by atoms with Crippen LogP contribution < -0.4 is 0 Å². The van der Waals surface area contributed by atoms with Crippen molar-refractivity contribution in [2.45, 2.75) is 0 Å². The van der Waals surface area contributed by atoms with Crippen LogP contribution in [0.15, 0.2) is 0 Å². The summed E-state index contributed by atoms with van der Waals surface area (Å²) >= 11 is 0. The van der Waals surface area contributed by atoms with Crippen LogP contribution in [0, 0.1) is 0 Å². The van der Waals surface area contributed by atoms with Crippen molar-refractivity contribution in [3.05, 3.63) is 0 Å². The number of rotatable bonds is 0. The van der Waals surface area contributed by atoms with Crippen LogP contribution >= 0.6 is 0 Å². The molecule has 0 aromatic rings. The second kappa shape index (κ2) is 12.5. The van der Waals surface area contributed by atoms with E-state index in [2.05, 4.69) is 0 Å². The quantitative estimate of drug-likeness (QED) is 0.304. The van der Waals surface area contributed by atoms with Gasteiger partial charge in [-0.15, -0.1) is 0 Å². The summed E-state index contributed by atoms with van der Waals surface area (Å²) in [4.78, 5) is 0. The maximum absolute atomic E-state index is 8.74. The summed E-state index contributed by atoms with van der Waals surface area (Å²) < 4.78 is 31.6. The fourth-order valence-electron chi connectivity index (χ4n) is 0. The van der Waals surface area contributed by atoms with Gasteiger partial charge < -0.3 is 11.0 Å². The monoisotopic (exact) mass is 202 g/mol. The average Bonchev–Trinajstić information content (AvgIpc) is 0.722. The van der Waals surface area contributed by atoms with Crippen LogP contribution in [0.2, 0.25) is 0 Å². The van der Waals surface area contributed by atoms with Crippen LogP contribution in [-0.2, 0) is 10.4 Å². The van der Waals surface area contributed by atoms with Gasteiger partial charge in [-0.25, -0.2) is 0 Å². The Kier molecular flexibility index (Phi) is 42.8. The van der Waals surface area contributed by atoms with Crippen LogP contribution in [0.5, 0.6) is 0 Å². The van der Waals surface area contributed by atoms with E-state index >= 15 is 0 Å². The molecule has 9 heteroatoms. The third kappa shape index (κ3) is 182. The summed E-state index contributed by atoms with van der Waals surface area (Å²) in [6.07, 6.45) is 0. The smallest absolute Gasteiger partial charge is 0.316 e. The van der Waals surface area contributed by atoms with Crippen molar-refractivity contribution in [1.29, 1.82) is 0 Å². The molecule has 0 aromatic heterocycles. The minimum atomic E-state index is -4.67. The summed E-state index contributed by atoms with van der Waals surface area (Å²) in [5.41, 5.74) is 0. The molecule has 0 saturated heterocycles. The van der Waals surface area contributed by atoms with Crippen LogP contribution in [0.25, 0.3) is 0 Å². The molecule has 6 nitrogen and oxygen atoms in total. The standard InChI is InChI=1S/Ca.Mg.H2O4S.2H2O.4H/c;;1-5(2,3)4;;;;;;/h;;(H2,1,2,3,4);2*1H2;;;;. The molecule has 0 aromatic carbocycles. The Balaban J connectivity index is -0.0000000133. The van der Waals surface area contributed by atoms with E-state index in [1.807, 2.05) is 0 Å². The van der Waals surface area contributed by atoms with Gasteiger partial charge in [0.15, 0.2) is 0 Å². The van der Waals surface area contributed by atoms with Gasteiger partial charge >= 0.3 is 71.2 Å². The van der Waals surface area contributed by atoms with Crippen LogP contribution in [0.4, 0.5) is 0 Å². The summed E-state index contributed by atoms with van der Waals surface area (Å²) in [6, 6.07) is 0. The molecule has 0 bridgehead atoms. The van der Waals surface area contributed by atoms with Crippen LogP contribution in [0.3, 0.4) is 0 Å². The van der Waals surface area contributed by atoms with Gasteiger partial charge in [0.2, 0.25) is 0 Å². The van der Waals surface area contributed by atoms with Crippen LogP contribution in [0.1, 0.15) is 0 Å². The van der Waals surface area contributed by atoms with Gasteiger partial charge in [-0.05, 0) is 0 Å². The molecule has 0 amide bonds. The molecule has 56 valence electrons. The molecule has 0 rings (SSSR count). The van der Waals surface area contributed by atoms with Crippen molar-refractivity contribution in [3.63, 3.8) is 0 Å². The maximum Gasteiger partial charge on any atom is 0.316 e. The first-order chi connectivity index (χ1) is 2.00. The fourth-order valence-corrected chi connectivity index (χ4v) is 0. The Labute approximate surface area is 98.4 Å². The minimum absolute atomic E-state index is 0. The Morgan fingerprint density at radius 2 is 1.00 bits per heavy atom. The van der Waals surface area contributed by atoms with Gasteiger partial charge in [0.05, 0.1) is 0 Å². The largest absolute Gasteiger partial charge is 0.316 e. The first-order valence-corrected chi connectivity index (χ1v) is 2.10. The first kappa shape index (κ1) is 30.8. The van der Waals surface area contributed by atoms with E-state index in [1.165, 1.54) is 0 Å². The number of hydrogen-bond acceptors (Lipinski definition) is 2. The molecule has 0 aliphatic rings. The summed E-state index contributed by atoms with van der Waals surface area (Å²) in [7, 11) is -4.67. The second-order valence-corrected chi connectivity index (χ2v) is 1.34. The van der Waals surface area contributed by atoms with E-state index in [0.29, 0.717) is 0 Å². The Hall–Kier alpha value is 1.82. The average molecular weight is 203 g/mol. The van der Waals surface area contributed by atoms with Crippen LogP contribution in [-0.4, -0.2) is 89.3 Å². The summed E-state index contributed by atoms with van der Waals surface area (Å²) in [5, 5.41) is 0. The molecule has 0 fully saturated rings. The van der Waals surface area contributed by atoms with Gasteiger partial charge in [-0.2, -0.15) is 8.42 Å². The van der Waals surface area contributed by atoms with Crippen molar-refractivity contribution in [2.24, 2.45) is 0 Å². The molecular formula is H10CaMgO6S. The van der Waals surface area contributed by atoms with Gasteiger partial charge in [0.25, 0.3) is 0 Å². The molecular weight excluding hydrogens is 192 g/mol. The van der Waals surface area contributed by atoms with E-state index in [0.717, 1.165) is 0 Å². The number of hydrogen-bond donors (Lipinski definition) is 2. The Morgan fingerprint density at radius 3 is 1.00 bits per heavy atom. The zero-order valence-electron chi connectivity index (χ0n) is 3.12. The SMILES string of the molecule is O.O.O=S(=O)(O)O.[CaH2].[MgH2]. The van der Waals surface area contributed by atoms with Gasteiger partial charge in [-0.1, -0.05) is 0 Å². The molecule has 0 spiro atoms. The van der Waals surface area contributed by atoms with Crippen molar-refractivity contribution in [3.8, 4) is 0 Å². The summed E-state index contributed by atoms with van der Waals surface area (Å²) in [6.45, 7) is 0. The van der Waals surface area contributed by atoms with Gasteiger partial charge in [0, 0.05) is 0 Å². The first-order valence-electron chi connectivity index (χ1n) is 0.698. The molecule has 9 heavy (non-hydrogen) atoms. The normalized spacial score (nSPS) is 6.44. The van der Waals surface area contributed by atoms with Gasteiger partial charge in [0.1, 0.15) is 0 Å². The maximum atomic E-state index is 8.74. The molecule has 0 aliphatic heterocycles. The molecule has 6 N–H and O–H groups in total. The van der Waals surface area contributed by atoms with E-state index in [-0.39, 0.29) is 71.7 Å². The third-order valence-electron chi connectivity index (χ3n) is 0. The second-order valence-electron chi connectivity index (χ2n) is 0.448. The molecule has 0 saturated carbocycles. The fraction of sp³-hybridized carbons (Fsp3) is 0. The molecule has 0 atom stereocenters. The Morgan fingerprint density at radius 1 is 1.00 bits per heavy atom. The predicted octanol–water partition coefficient (Wildman–Crippen LogP) is -4.13. The van der Waals surface area contributed by atoms with Crippen molar-refractivity contribution >= 4 is 71.2 Å². The van der Waals surface area contributed by atoms with E-state index in [1.54, 1.807) is 0 Å². The molecule has 0 unspecified atom stereocenters. The minimum Gasteiger partial charge on any atom is 0.316 e. The van der Waals surface area contributed by atoms with Gasteiger partial charge in [-0.3, -0.25) is 9.11 Å². The third-order valence-corrected chi connectivity index (χ3v) is 0. The zero-order valence-corrected chi connectivity index (χ0v) is 3.94. The predicted molar refractivity (Wildman–Crippen MR) is 38.5 cm³/mol. The van der Waals surface area contributed by atoms with E-state index in [9.17, 15) is 0 Å². The zero-order chi connectivity index (χ0) is 4.50. The van der Waals surface area contributed by atoms with E-state index < -0.39 is 10.4 Å². The van der Waals surface area contributed by atoms with E-state index in [4.69, 9.17) is 17.5 Å². The molecule has 0 aliphatic carbocycles. The topological polar surface area (TPSA) is 138 Å². The van der Waals surface area contributed by atoms with Crippen molar-refractivity contribution < 1.29 is 28.5 Å². The van der Waals surface area contributed by atoms with Crippen molar-refractivity contribution in [2.75, 3.05) is 0 Å².